The van der Waals surface area contributed by atoms with E-state index in [0.717, 1.165) is 17.7 Å². The third-order valence-corrected chi connectivity index (χ3v) is 7.70. The third kappa shape index (κ3) is 3.60. The van der Waals surface area contributed by atoms with E-state index in [9.17, 15) is 13.2 Å². The standard InChI is InChI=1S/C15H22N2O4S2/c1-12-4-5-14(22-12)23(19,20)17-6-2-3-13(11-17)15(18)16-7-9-21-10-8-16/h4-5,13H,2-3,6-11H2,1H3. The van der Waals surface area contributed by atoms with Gasteiger partial charge < -0.3 is 9.64 Å². The lowest BCUT2D eigenvalue weighted by Crippen LogP contribution is -2.49. The molecule has 6 nitrogen and oxygen atoms in total. The Bertz CT molecular complexity index is 665. The third-order valence-electron chi connectivity index (χ3n) is 4.37. The van der Waals surface area contributed by atoms with Crippen LogP contribution in [0.25, 0.3) is 0 Å². The summed E-state index contributed by atoms with van der Waals surface area (Å²) in [5.41, 5.74) is 0. The van der Waals surface area contributed by atoms with Gasteiger partial charge in [0.1, 0.15) is 4.21 Å². The molecule has 0 spiro atoms. The maximum atomic E-state index is 12.7. The molecule has 0 aromatic carbocycles. The van der Waals surface area contributed by atoms with E-state index in [1.165, 1.54) is 15.6 Å². The highest BCUT2D eigenvalue weighted by Gasteiger charge is 2.35. The lowest BCUT2D eigenvalue weighted by atomic mass is 9.98. The van der Waals surface area contributed by atoms with Crippen molar-refractivity contribution in [2.45, 2.75) is 24.0 Å². The molecule has 1 aromatic rings. The molecule has 2 aliphatic heterocycles. The van der Waals surface area contributed by atoms with Crippen LogP contribution in [0.1, 0.15) is 17.7 Å². The van der Waals surface area contributed by atoms with Gasteiger partial charge in [0.25, 0.3) is 10.0 Å². The highest BCUT2D eigenvalue weighted by Crippen LogP contribution is 2.28. The minimum absolute atomic E-state index is 0.0653. The lowest BCUT2D eigenvalue weighted by molar-refractivity contribution is -0.140. The fourth-order valence-electron chi connectivity index (χ4n) is 3.08. The molecule has 8 heteroatoms. The average molecular weight is 358 g/mol. The first-order chi connectivity index (χ1) is 11.0. The monoisotopic (exact) mass is 358 g/mol. The topological polar surface area (TPSA) is 66.9 Å². The molecule has 2 fully saturated rings. The van der Waals surface area contributed by atoms with Gasteiger partial charge in [-0.2, -0.15) is 4.31 Å². The molecular weight excluding hydrogens is 336 g/mol. The van der Waals surface area contributed by atoms with Gasteiger partial charge in [-0.3, -0.25) is 4.79 Å². The Morgan fingerprint density at radius 1 is 1.26 bits per heavy atom. The van der Waals surface area contributed by atoms with E-state index in [4.69, 9.17) is 4.74 Å². The van der Waals surface area contributed by atoms with Gasteiger partial charge in [0, 0.05) is 31.1 Å². The first-order valence-electron chi connectivity index (χ1n) is 7.91. The number of carbonyl (C=O) groups is 1. The second-order valence-corrected chi connectivity index (χ2v) is 9.46. The van der Waals surface area contributed by atoms with Gasteiger partial charge in [-0.1, -0.05) is 0 Å². The molecule has 2 saturated heterocycles. The van der Waals surface area contributed by atoms with Crippen LogP contribution in [0.15, 0.2) is 16.3 Å². The van der Waals surface area contributed by atoms with Gasteiger partial charge in [-0.25, -0.2) is 8.42 Å². The summed E-state index contributed by atoms with van der Waals surface area (Å²) in [4.78, 5) is 15.4. The summed E-state index contributed by atoms with van der Waals surface area (Å²) < 4.78 is 32.6. The van der Waals surface area contributed by atoms with Crippen molar-refractivity contribution in [3.63, 3.8) is 0 Å². The number of morpholine rings is 1. The van der Waals surface area contributed by atoms with Crippen molar-refractivity contribution in [2.24, 2.45) is 5.92 Å². The number of sulfonamides is 1. The summed E-state index contributed by atoms with van der Waals surface area (Å²) in [5.74, 6) is -0.173. The minimum atomic E-state index is -3.48. The maximum absolute atomic E-state index is 12.7. The van der Waals surface area contributed by atoms with Crippen molar-refractivity contribution in [2.75, 3.05) is 39.4 Å². The fourth-order valence-corrected chi connectivity index (χ4v) is 6.04. The summed E-state index contributed by atoms with van der Waals surface area (Å²) in [6, 6.07) is 3.47. The highest BCUT2D eigenvalue weighted by molar-refractivity contribution is 7.91. The molecule has 1 atom stereocenters. The summed E-state index contributed by atoms with van der Waals surface area (Å²) in [7, 11) is -3.48. The van der Waals surface area contributed by atoms with E-state index in [1.807, 2.05) is 13.0 Å². The molecule has 0 saturated carbocycles. The summed E-state index contributed by atoms with van der Waals surface area (Å²) >= 11 is 1.28. The Labute approximate surface area is 141 Å². The van der Waals surface area contributed by atoms with Gasteiger partial charge in [0.15, 0.2) is 0 Å². The van der Waals surface area contributed by atoms with Crippen molar-refractivity contribution < 1.29 is 17.9 Å². The lowest BCUT2D eigenvalue weighted by Gasteiger charge is -2.35. The number of thiophene rings is 1. The molecule has 0 N–H and O–H groups in total. The van der Waals surface area contributed by atoms with Crippen molar-refractivity contribution in [3.8, 4) is 0 Å². The first kappa shape index (κ1) is 16.9. The van der Waals surface area contributed by atoms with Crippen molar-refractivity contribution in [1.82, 2.24) is 9.21 Å². The van der Waals surface area contributed by atoms with Crippen molar-refractivity contribution in [3.05, 3.63) is 17.0 Å². The molecule has 0 aliphatic carbocycles. The fraction of sp³-hybridized carbons (Fsp3) is 0.667. The zero-order chi connectivity index (χ0) is 16.4. The van der Waals surface area contributed by atoms with Crippen molar-refractivity contribution >= 4 is 27.3 Å². The largest absolute Gasteiger partial charge is 0.378 e. The van der Waals surface area contributed by atoms with E-state index < -0.39 is 10.0 Å². The van der Waals surface area contributed by atoms with Crippen LogP contribution < -0.4 is 0 Å². The molecule has 1 unspecified atom stereocenters. The Kier molecular flexibility index (Phi) is 5.05. The summed E-state index contributed by atoms with van der Waals surface area (Å²) in [6.07, 6.45) is 1.48. The normalized spacial score (nSPS) is 23.9. The zero-order valence-corrected chi connectivity index (χ0v) is 14.9. The number of rotatable bonds is 3. The van der Waals surface area contributed by atoms with E-state index in [2.05, 4.69) is 0 Å². The van der Waals surface area contributed by atoms with Gasteiger partial charge in [0.05, 0.1) is 19.1 Å². The number of hydrogen-bond acceptors (Lipinski definition) is 5. The van der Waals surface area contributed by atoms with E-state index >= 15 is 0 Å². The van der Waals surface area contributed by atoms with Crippen LogP contribution in [0.5, 0.6) is 0 Å². The molecule has 2 aliphatic rings. The Morgan fingerprint density at radius 2 is 2.00 bits per heavy atom. The number of hydrogen-bond donors (Lipinski definition) is 0. The van der Waals surface area contributed by atoms with Gasteiger partial charge in [-0.15, -0.1) is 11.3 Å². The minimum Gasteiger partial charge on any atom is -0.378 e. The number of aryl methyl sites for hydroxylation is 1. The van der Waals surface area contributed by atoms with Gasteiger partial charge in [-0.05, 0) is 31.9 Å². The van der Waals surface area contributed by atoms with Crippen LogP contribution in [0.3, 0.4) is 0 Å². The molecular formula is C15H22N2O4S2. The van der Waals surface area contributed by atoms with Gasteiger partial charge >= 0.3 is 0 Å². The Morgan fingerprint density at radius 3 is 2.65 bits per heavy atom. The van der Waals surface area contributed by atoms with E-state index in [1.54, 1.807) is 11.0 Å². The van der Waals surface area contributed by atoms with Crippen molar-refractivity contribution in [1.29, 1.82) is 0 Å². The number of nitrogens with zero attached hydrogens (tertiary/aromatic N) is 2. The zero-order valence-electron chi connectivity index (χ0n) is 13.2. The van der Waals surface area contributed by atoms with Crippen LogP contribution in [0.4, 0.5) is 0 Å². The smallest absolute Gasteiger partial charge is 0.252 e. The molecule has 3 rings (SSSR count). The first-order valence-corrected chi connectivity index (χ1v) is 10.2. The number of amides is 1. The van der Waals surface area contributed by atoms with Crippen LogP contribution in [0.2, 0.25) is 0 Å². The average Bonchev–Trinajstić information content (AvgIpc) is 3.02. The predicted molar refractivity (Wildman–Crippen MR) is 87.9 cm³/mol. The van der Waals surface area contributed by atoms with Crippen LogP contribution in [-0.4, -0.2) is 62.9 Å². The summed E-state index contributed by atoms with van der Waals surface area (Å²) in [5, 5.41) is 0. The van der Waals surface area contributed by atoms with E-state index in [0.29, 0.717) is 37.1 Å². The van der Waals surface area contributed by atoms with Crippen LogP contribution in [-0.2, 0) is 19.6 Å². The number of piperidine rings is 1. The second-order valence-electron chi connectivity index (χ2n) is 6.00. The molecule has 23 heavy (non-hydrogen) atoms. The van der Waals surface area contributed by atoms with Crippen LogP contribution in [0, 0.1) is 12.8 Å². The van der Waals surface area contributed by atoms with E-state index in [-0.39, 0.29) is 18.4 Å². The summed E-state index contributed by atoms with van der Waals surface area (Å²) in [6.45, 7) is 5.01. The molecule has 1 amide bonds. The van der Waals surface area contributed by atoms with Crippen LogP contribution >= 0.6 is 11.3 Å². The highest BCUT2D eigenvalue weighted by atomic mass is 32.2. The Hall–Kier alpha value is -0.960. The molecule has 1 aromatic heterocycles. The number of ether oxygens (including phenoxy) is 1. The SMILES string of the molecule is Cc1ccc(S(=O)(=O)N2CCCC(C(=O)N3CCOCC3)C2)s1. The molecule has 3 heterocycles. The second kappa shape index (κ2) is 6.88. The predicted octanol–water partition coefficient (Wildman–Crippen LogP) is 1.32. The Balaban J connectivity index is 1.71. The molecule has 0 bridgehead atoms. The molecule has 128 valence electrons. The maximum Gasteiger partial charge on any atom is 0.252 e. The number of carbonyl (C=O) groups excluding carboxylic acids is 1. The van der Waals surface area contributed by atoms with Gasteiger partial charge in [0.2, 0.25) is 5.91 Å². The quantitative estimate of drug-likeness (QED) is 0.817. The molecule has 0 radical (unpaired) electrons.